The second-order valence-electron chi connectivity index (χ2n) is 2.51. The Kier molecular flexibility index (Phi) is 36.5. The summed E-state index contributed by atoms with van der Waals surface area (Å²) < 4.78 is 22.5. The molecule has 96 valence electrons. The minimum Gasteiger partial charge on any atom is 0 e. The fraction of sp³-hybridized carbons (Fsp3) is 0.308. The molecule has 0 spiro atoms. The Bertz CT molecular complexity index is 295. The Hall–Kier alpha value is -0.678. The molecule has 1 rings (SSSR count). The molecule has 18 heavy (non-hydrogen) atoms. The molecule has 0 fully saturated rings. The number of thioether (sulfide) groups is 1. The van der Waals surface area contributed by atoms with Crippen molar-refractivity contribution in [2.75, 3.05) is 5.75 Å². The van der Waals surface area contributed by atoms with E-state index in [1.807, 2.05) is 11.8 Å². The van der Waals surface area contributed by atoms with Gasteiger partial charge in [0.05, 0.1) is 0 Å². The Balaban J connectivity index is -0.000000123. The molecule has 0 aliphatic carbocycles. The third kappa shape index (κ3) is 15.3. The van der Waals surface area contributed by atoms with Crippen LogP contribution in [0.5, 0.6) is 0 Å². The Labute approximate surface area is 124 Å². The normalized spacial score (nSPS) is 8.22. The van der Waals surface area contributed by atoms with Crippen LogP contribution in [0, 0.1) is 20.0 Å². The summed E-state index contributed by atoms with van der Waals surface area (Å²) in [7, 11) is 0. The molecule has 0 heterocycles. The zero-order valence-electron chi connectivity index (χ0n) is 10.2. The van der Waals surface area contributed by atoms with Crippen LogP contribution in [0.25, 0.3) is 0 Å². The van der Waals surface area contributed by atoms with Crippen LogP contribution in [0.15, 0.2) is 30.3 Å². The smallest absolute Gasteiger partial charge is 0 e. The zero-order valence-corrected chi connectivity index (χ0v) is 12.3. The Morgan fingerprint density at radius 3 is 1.72 bits per heavy atom. The number of rotatable bonds is 3. The molecular weight excluding hydrogens is 288 g/mol. The zero-order chi connectivity index (χ0) is 14.1. The molecule has 0 unspecified atom stereocenters. The first kappa shape index (κ1) is 26.0. The molecule has 1 aromatic carbocycles. The van der Waals surface area contributed by atoms with Gasteiger partial charge >= 0.3 is 33.9 Å². The fourth-order valence-electron chi connectivity index (χ4n) is 1.07. The van der Waals surface area contributed by atoms with Gasteiger partial charge in [-0.3, -0.25) is 0 Å². The van der Waals surface area contributed by atoms with Crippen molar-refractivity contribution in [3.05, 3.63) is 55.8 Å². The van der Waals surface area contributed by atoms with Crippen LogP contribution in [0.3, 0.4) is 0 Å². The van der Waals surface area contributed by atoms with Gasteiger partial charge in [0, 0.05) is 22.6 Å². The summed E-state index contributed by atoms with van der Waals surface area (Å²) in [6.07, 6.45) is 0. The van der Waals surface area contributed by atoms with Crippen molar-refractivity contribution in [1.29, 1.82) is 0 Å². The predicted molar refractivity (Wildman–Crippen MR) is 64.8 cm³/mol. The third-order valence-corrected chi connectivity index (χ3v) is 2.79. The van der Waals surface area contributed by atoms with Gasteiger partial charge in [-0.1, -0.05) is 37.3 Å². The van der Waals surface area contributed by atoms with E-state index in [-0.39, 0.29) is 17.4 Å². The van der Waals surface area contributed by atoms with Gasteiger partial charge in [0.25, 0.3) is 0 Å². The molecule has 1 atom stereocenters. The summed E-state index contributed by atoms with van der Waals surface area (Å²) in [6, 6.07) is 10.6. The van der Waals surface area contributed by atoms with Gasteiger partial charge < -0.3 is 0 Å². The largest absolute Gasteiger partial charge is 0 e. The molecule has 0 saturated carbocycles. The van der Waals surface area contributed by atoms with E-state index in [4.69, 9.17) is 14.0 Å². The molecular formula is C13H14CrO3S. The Morgan fingerprint density at radius 2 is 1.39 bits per heavy atom. The molecule has 0 aromatic heterocycles. The average molecular weight is 302 g/mol. The van der Waals surface area contributed by atoms with Crippen LogP contribution in [-0.4, -0.2) is 5.75 Å². The van der Waals surface area contributed by atoms with Crippen molar-refractivity contribution in [2.24, 2.45) is 0 Å². The third-order valence-electron chi connectivity index (χ3n) is 1.69. The number of hydrogen-bond acceptors (Lipinski definition) is 1. The van der Waals surface area contributed by atoms with E-state index < -0.39 is 0 Å². The summed E-state index contributed by atoms with van der Waals surface area (Å²) in [5, 5.41) is 0.640. The summed E-state index contributed by atoms with van der Waals surface area (Å²) in [5.74, 6) is 1.19. The van der Waals surface area contributed by atoms with Gasteiger partial charge in [-0.05, 0) is 18.2 Å². The quantitative estimate of drug-likeness (QED) is 0.623. The molecule has 0 aliphatic heterocycles. The van der Waals surface area contributed by atoms with E-state index in [0.29, 0.717) is 5.25 Å². The fourth-order valence-corrected chi connectivity index (χ4v) is 1.92. The van der Waals surface area contributed by atoms with Crippen LogP contribution in [0.1, 0.15) is 24.7 Å². The molecule has 1 aromatic rings. The van der Waals surface area contributed by atoms with Crippen LogP contribution < -0.4 is 0 Å². The van der Waals surface area contributed by atoms with Crippen molar-refractivity contribution >= 4 is 11.8 Å². The van der Waals surface area contributed by atoms with Gasteiger partial charge in [-0.15, -0.1) is 0 Å². The van der Waals surface area contributed by atoms with Crippen molar-refractivity contribution in [1.82, 2.24) is 0 Å². The van der Waals surface area contributed by atoms with Gasteiger partial charge in [-0.2, -0.15) is 11.8 Å². The van der Waals surface area contributed by atoms with Crippen LogP contribution in [0.4, 0.5) is 0 Å². The van der Waals surface area contributed by atoms with Crippen LogP contribution >= 0.6 is 11.8 Å². The second-order valence-corrected chi connectivity index (χ2v) is 4.13. The summed E-state index contributed by atoms with van der Waals surface area (Å²) in [6.45, 7) is 18.0. The monoisotopic (exact) mass is 302 g/mol. The Morgan fingerprint density at radius 1 is 1.00 bits per heavy atom. The molecule has 5 heteroatoms. The van der Waals surface area contributed by atoms with Gasteiger partial charge in [0.1, 0.15) is 0 Å². The van der Waals surface area contributed by atoms with E-state index >= 15 is 0 Å². The molecule has 0 amide bonds. The van der Waals surface area contributed by atoms with Gasteiger partial charge in [0.2, 0.25) is 0 Å². The maximum atomic E-state index is 7.50. The second kappa shape index (κ2) is 25.2. The standard InChI is InChI=1S/C10H14S.3CO.Cr/c1-3-11-9(2)10-7-5-4-6-8-10;3*1-2;/h4-9H,3H2,1-2H3;;;;/t9-;;;;/m1..../s1. The summed E-state index contributed by atoms with van der Waals surface area (Å²) >= 11 is 1.98. The average Bonchev–Trinajstić information content (AvgIpc) is 2.46. The molecule has 0 N–H and O–H groups in total. The first-order valence-electron chi connectivity index (χ1n) is 4.62. The van der Waals surface area contributed by atoms with Crippen molar-refractivity contribution in [2.45, 2.75) is 19.1 Å². The maximum absolute atomic E-state index is 7.50. The van der Waals surface area contributed by atoms with Crippen LogP contribution in [0.2, 0.25) is 0 Å². The first-order valence-corrected chi connectivity index (χ1v) is 5.67. The minimum atomic E-state index is 0. The van der Waals surface area contributed by atoms with E-state index in [9.17, 15) is 0 Å². The molecule has 0 bridgehead atoms. The predicted octanol–water partition coefficient (Wildman–Crippen LogP) is 3.39. The van der Waals surface area contributed by atoms with Gasteiger partial charge in [-0.25, -0.2) is 0 Å². The van der Waals surface area contributed by atoms with E-state index in [1.54, 1.807) is 0 Å². The van der Waals surface area contributed by atoms with Crippen molar-refractivity contribution < 1.29 is 31.3 Å². The van der Waals surface area contributed by atoms with E-state index in [1.165, 1.54) is 11.3 Å². The number of hydrogen-bond donors (Lipinski definition) is 0. The SMILES string of the molecule is CCS[C@H](C)c1ccccc1.[C-]#[O+].[C-]#[O+].[C-]#[O+].[Cr]. The summed E-state index contributed by atoms with van der Waals surface area (Å²) in [4.78, 5) is 0. The first-order chi connectivity index (χ1) is 8.34. The topological polar surface area (TPSA) is 59.7 Å². The molecule has 0 aliphatic rings. The molecule has 0 radical (unpaired) electrons. The van der Waals surface area contributed by atoms with Gasteiger partial charge in [0.15, 0.2) is 0 Å². The van der Waals surface area contributed by atoms with Crippen molar-refractivity contribution in [3.8, 4) is 0 Å². The maximum Gasteiger partial charge on any atom is 0 e. The molecule has 3 nitrogen and oxygen atoms in total. The van der Waals surface area contributed by atoms with Crippen molar-refractivity contribution in [3.63, 3.8) is 0 Å². The minimum absolute atomic E-state index is 0. The molecule has 0 saturated heterocycles. The van der Waals surface area contributed by atoms with E-state index in [0.717, 1.165) is 0 Å². The van der Waals surface area contributed by atoms with Crippen LogP contribution in [-0.2, 0) is 31.3 Å². The van der Waals surface area contributed by atoms with E-state index in [2.05, 4.69) is 64.1 Å². The summed E-state index contributed by atoms with van der Waals surface area (Å²) in [5.41, 5.74) is 1.43. The number of benzene rings is 1.